The highest BCUT2D eigenvalue weighted by molar-refractivity contribution is 7.90. The number of pyridine rings is 1. The van der Waals surface area contributed by atoms with Crippen LogP contribution >= 0.6 is 0 Å². The number of benzene rings is 1. The average Bonchev–Trinajstić information content (AvgIpc) is 2.45. The molecule has 0 aliphatic heterocycles. The van der Waals surface area contributed by atoms with Crippen molar-refractivity contribution in [2.24, 2.45) is 0 Å². The zero-order chi connectivity index (χ0) is 17.4. The highest BCUT2D eigenvalue weighted by Crippen LogP contribution is 2.31. The van der Waals surface area contributed by atoms with E-state index in [9.17, 15) is 17.6 Å². The summed E-state index contributed by atoms with van der Waals surface area (Å²) in [4.78, 5) is 13.6. The summed E-state index contributed by atoms with van der Waals surface area (Å²) in [6.07, 6.45) is 0.911. The van der Waals surface area contributed by atoms with Crippen molar-refractivity contribution < 1.29 is 12.8 Å². The number of nitrogen functional groups attached to an aromatic ring is 1. The van der Waals surface area contributed by atoms with Crippen LogP contribution in [0, 0.1) is 28.5 Å². The zero-order valence-corrected chi connectivity index (χ0v) is 12.5. The molecule has 0 unspecified atom stereocenters. The molecule has 0 aliphatic carbocycles. The van der Waals surface area contributed by atoms with Crippen LogP contribution in [0.2, 0.25) is 0 Å². The van der Waals surface area contributed by atoms with E-state index in [1.165, 1.54) is 0 Å². The molecule has 0 saturated carbocycles. The molecule has 2 rings (SSSR count). The van der Waals surface area contributed by atoms with E-state index in [1.54, 1.807) is 12.1 Å². The minimum atomic E-state index is -3.63. The first kappa shape index (κ1) is 16.2. The van der Waals surface area contributed by atoms with Crippen molar-refractivity contribution >= 4 is 15.7 Å². The molecule has 1 heterocycles. The van der Waals surface area contributed by atoms with Crippen molar-refractivity contribution in [1.82, 2.24) is 4.98 Å². The maximum atomic E-state index is 14.3. The number of aromatic amines is 1. The maximum absolute atomic E-state index is 14.3. The van der Waals surface area contributed by atoms with Crippen molar-refractivity contribution in [2.75, 3.05) is 12.0 Å². The third-order valence-corrected chi connectivity index (χ3v) is 4.22. The van der Waals surface area contributed by atoms with Crippen LogP contribution in [0.4, 0.5) is 10.2 Å². The molecule has 9 heteroatoms. The molecule has 0 aliphatic rings. The molecular weight excluding hydrogens is 323 g/mol. The SMILES string of the molecule is CS(=O)(=O)c1ccc(-c2c(C#N)c(N)[nH]c(=O)c2C#N)c(F)c1. The fourth-order valence-electron chi connectivity index (χ4n) is 2.04. The Bertz CT molecular complexity index is 1060. The van der Waals surface area contributed by atoms with E-state index < -0.39 is 26.8 Å². The van der Waals surface area contributed by atoms with Gasteiger partial charge in [0.1, 0.15) is 34.9 Å². The van der Waals surface area contributed by atoms with E-state index >= 15 is 0 Å². The topological polar surface area (TPSA) is 141 Å². The summed E-state index contributed by atoms with van der Waals surface area (Å²) in [5.74, 6) is -1.30. The number of anilines is 1. The van der Waals surface area contributed by atoms with Gasteiger partial charge in [-0.2, -0.15) is 10.5 Å². The summed E-state index contributed by atoms with van der Waals surface area (Å²) in [6, 6.07) is 6.26. The second kappa shape index (κ2) is 5.55. The number of nitrogens with one attached hydrogen (secondary N) is 1. The highest BCUT2D eigenvalue weighted by atomic mass is 32.2. The van der Waals surface area contributed by atoms with Gasteiger partial charge in [0.2, 0.25) is 0 Å². The largest absolute Gasteiger partial charge is 0.384 e. The predicted octanol–water partition coefficient (Wildman–Crippen LogP) is 0.910. The summed E-state index contributed by atoms with van der Waals surface area (Å²) >= 11 is 0. The fourth-order valence-corrected chi connectivity index (χ4v) is 2.67. The number of rotatable bonds is 2. The molecular formula is C14H9FN4O3S. The number of nitrogens with two attached hydrogens (primary N) is 1. The normalized spacial score (nSPS) is 10.8. The minimum Gasteiger partial charge on any atom is -0.384 e. The van der Waals surface area contributed by atoms with Crippen LogP contribution in [-0.4, -0.2) is 19.7 Å². The van der Waals surface area contributed by atoms with Crippen LogP contribution in [0.25, 0.3) is 11.1 Å². The first-order valence-corrected chi connectivity index (χ1v) is 7.95. The standard InChI is InChI=1S/C14H9FN4O3S/c1-23(21,22)7-2-3-8(11(15)4-7)12-9(5-16)13(18)19-14(20)10(12)6-17/h2-4H,1H3,(H3,18,19,20). The smallest absolute Gasteiger partial charge is 0.268 e. The van der Waals surface area contributed by atoms with Crippen LogP contribution in [-0.2, 0) is 9.84 Å². The van der Waals surface area contributed by atoms with Gasteiger partial charge in [0.15, 0.2) is 9.84 Å². The van der Waals surface area contributed by atoms with E-state index in [0.717, 1.165) is 24.5 Å². The summed E-state index contributed by atoms with van der Waals surface area (Å²) in [5, 5.41) is 18.3. The molecule has 116 valence electrons. The van der Waals surface area contributed by atoms with Gasteiger partial charge in [-0.1, -0.05) is 6.07 Å². The monoisotopic (exact) mass is 332 g/mol. The Morgan fingerprint density at radius 3 is 2.30 bits per heavy atom. The number of hydrogen-bond acceptors (Lipinski definition) is 6. The number of sulfone groups is 1. The quantitative estimate of drug-likeness (QED) is 0.837. The Morgan fingerprint density at radius 1 is 1.22 bits per heavy atom. The van der Waals surface area contributed by atoms with Crippen LogP contribution in [0.1, 0.15) is 11.1 Å². The Hall–Kier alpha value is -3.17. The van der Waals surface area contributed by atoms with Crippen molar-refractivity contribution in [3.63, 3.8) is 0 Å². The molecule has 0 fully saturated rings. The van der Waals surface area contributed by atoms with E-state index in [0.29, 0.717) is 0 Å². The molecule has 23 heavy (non-hydrogen) atoms. The lowest BCUT2D eigenvalue weighted by atomic mass is 9.96. The lowest BCUT2D eigenvalue weighted by Gasteiger charge is -2.10. The van der Waals surface area contributed by atoms with Crippen LogP contribution in [0.15, 0.2) is 27.9 Å². The van der Waals surface area contributed by atoms with E-state index in [1.807, 2.05) is 0 Å². The van der Waals surface area contributed by atoms with Crippen molar-refractivity contribution in [3.05, 3.63) is 45.5 Å². The number of H-pyrrole nitrogens is 1. The molecule has 1 aromatic carbocycles. The number of nitrogens with zero attached hydrogens (tertiary/aromatic N) is 2. The second-order valence-corrected chi connectivity index (χ2v) is 6.65. The van der Waals surface area contributed by atoms with Gasteiger partial charge >= 0.3 is 0 Å². The van der Waals surface area contributed by atoms with Crippen LogP contribution < -0.4 is 11.3 Å². The lowest BCUT2D eigenvalue weighted by molar-refractivity contribution is 0.596. The van der Waals surface area contributed by atoms with Gasteiger partial charge in [-0.15, -0.1) is 0 Å². The summed E-state index contributed by atoms with van der Waals surface area (Å²) in [5.41, 5.74) is 3.38. The second-order valence-electron chi connectivity index (χ2n) is 4.63. The molecule has 0 amide bonds. The fraction of sp³-hybridized carbons (Fsp3) is 0.0714. The summed E-state index contributed by atoms with van der Waals surface area (Å²) in [6.45, 7) is 0. The Morgan fingerprint density at radius 2 is 1.83 bits per heavy atom. The summed E-state index contributed by atoms with van der Waals surface area (Å²) in [7, 11) is -3.63. The number of aromatic nitrogens is 1. The van der Waals surface area contributed by atoms with Gasteiger partial charge in [-0.25, -0.2) is 12.8 Å². The van der Waals surface area contributed by atoms with Gasteiger partial charge in [0, 0.05) is 17.4 Å². The molecule has 1 aromatic heterocycles. The van der Waals surface area contributed by atoms with E-state index in [-0.39, 0.29) is 27.4 Å². The molecule has 0 radical (unpaired) electrons. The Labute approximate surface area is 130 Å². The van der Waals surface area contributed by atoms with E-state index in [2.05, 4.69) is 4.98 Å². The molecule has 0 atom stereocenters. The first-order valence-electron chi connectivity index (χ1n) is 6.06. The highest BCUT2D eigenvalue weighted by Gasteiger charge is 2.21. The van der Waals surface area contributed by atoms with Gasteiger partial charge in [-0.3, -0.25) is 4.79 Å². The third kappa shape index (κ3) is 2.78. The van der Waals surface area contributed by atoms with Gasteiger partial charge in [0.25, 0.3) is 5.56 Å². The van der Waals surface area contributed by atoms with Crippen molar-refractivity contribution in [3.8, 4) is 23.3 Å². The molecule has 2 aromatic rings. The number of hydrogen-bond donors (Lipinski definition) is 2. The average molecular weight is 332 g/mol. The van der Waals surface area contributed by atoms with Gasteiger partial charge in [-0.05, 0) is 12.1 Å². The summed E-state index contributed by atoms with van der Waals surface area (Å²) < 4.78 is 37.2. The predicted molar refractivity (Wildman–Crippen MR) is 79.4 cm³/mol. The molecule has 3 N–H and O–H groups in total. The lowest BCUT2D eigenvalue weighted by Crippen LogP contribution is -2.16. The van der Waals surface area contributed by atoms with Gasteiger partial charge in [0.05, 0.1) is 4.90 Å². The van der Waals surface area contributed by atoms with Crippen LogP contribution in [0.5, 0.6) is 0 Å². The van der Waals surface area contributed by atoms with Gasteiger partial charge < -0.3 is 10.7 Å². The van der Waals surface area contributed by atoms with Crippen molar-refractivity contribution in [1.29, 1.82) is 10.5 Å². The Balaban J connectivity index is 2.91. The number of nitriles is 2. The Kier molecular flexibility index (Phi) is 3.91. The minimum absolute atomic E-state index is 0.261. The van der Waals surface area contributed by atoms with E-state index in [4.69, 9.17) is 16.3 Å². The van der Waals surface area contributed by atoms with Crippen molar-refractivity contribution in [2.45, 2.75) is 4.90 Å². The maximum Gasteiger partial charge on any atom is 0.268 e. The van der Waals surface area contributed by atoms with Crippen LogP contribution in [0.3, 0.4) is 0 Å². The first-order chi connectivity index (χ1) is 10.7. The molecule has 0 saturated heterocycles. The number of halogens is 1. The molecule has 0 bridgehead atoms. The zero-order valence-electron chi connectivity index (χ0n) is 11.7. The molecule has 0 spiro atoms. The molecule has 7 nitrogen and oxygen atoms in total. The third-order valence-electron chi connectivity index (χ3n) is 3.11.